The Morgan fingerprint density at radius 2 is 1.06 bits per heavy atom. The molecule has 3 fully saturated rings. The van der Waals surface area contributed by atoms with E-state index in [2.05, 4.69) is 54.6 Å². The lowest BCUT2D eigenvalue weighted by atomic mass is 9.75. The Morgan fingerprint density at radius 1 is 0.577 bits per heavy atom. The van der Waals surface area contributed by atoms with E-state index in [1.807, 2.05) is 30.3 Å². The van der Waals surface area contributed by atoms with Crippen molar-refractivity contribution in [1.29, 1.82) is 0 Å². The Labute approximate surface area is 313 Å². The van der Waals surface area contributed by atoms with Gasteiger partial charge in [0, 0.05) is 0 Å². The third-order valence-electron chi connectivity index (χ3n) is 11.6. The van der Waals surface area contributed by atoms with Gasteiger partial charge in [-0.25, -0.2) is 0 Å². The topological polar surface area (TPSA) is 82.1 Å². The molecular formula is C44H54O6S2. The van der Waals surface area contributed by atoms with Crippen molar-refractivity contribution in [2.75, 3.05) is 14.2 Å². The molecule has 1 N–H and O–H groups in total. The van der Waals surface area contributed by atoms with Gasteiger partial charge in [0.2, 0.25) is 0 Å². The van der Waals surface area contributed by atoms with Crippen molar-refractivity contribution in [3.8, 4) is 17.2 Å². The molecule has 0 saturated heterocycles. The van der Waals surface area contributed by atoms with Gasteiger partial charge >= 0.3 is 0 Å². The minimum absolute atomic E-state index is 0.00423. The highest BCUT2D eigenvalue weighted by molar-refractivity contribution is 8.17. The van der Waals surface area contributed by atoms with Crippen LogP contribution in [0.5, 0.6) is 17.2 Å². The van der Waals surface area contributed by atoms with Gasteiger partial charge in [0.05, 0.1) is 20.3 Å². The summed E-state index contributed by atoms with van der Waals surface area (Å²) in [5.41, 5.74) is 2.98. The van der Waals surface area contributed by atoms with Crippen LogP contribution in [0.25, 0.3) is 0 Å². The predicted molar refractivity (Wildman–Crippen MR) is 210 cm³/mol. The summed E-state index contributed by atoms with van der Waals surface area (Å²) < 4.78 is 55.6. The van der Waals surface area contributed by atoms with E-state index >= 15 is 0 Å². The quantitative estimate of drug-likeness (QED) is 0.118. The molecule has 3 aliphatic rings. The summed E-state index contributed by atoms with van der Waals surface area (Å²) >= 11 is 0. The predicted octanol–water partition coefficient (Wildman–Crippen LogP) is 11.6. The summed E-state index contributed by atoms with van der Waals surface area (Å²) in [6.45, 7) is 0. The van der Waals surface area contributed by atoms with Crippen LogP contribution in [0.3, 0.4) is 0 Å². The smallest absolute Gasteiger partial charge is 0.295 e. The SMILES string of the molecule is COc1cccc([SH](c2cccc(OC)c2)c2cccc(OC3CCCC(c4cc(C5CCCCC5)cc(C5CCCCC5)c4S(=O)(=O)O)C3)c2)c1. The fourth-order valence-electron chi connectivity index (χ4n) is 9.06. The number of ether oxygens (including phenoxy) is 3. The lowest BCUT2D eigenvalue weighted by Crippen LogP contribution is -2.26. The van der Waals surface area contributed by atoms with E-state index in [1.165, 1.54) is 41.0 Å². The molecule has 4 aromatic carbocycles. The lowest BCUT2D eigenvalue weighted by Gasteiger charge is -2.34. The number of hydrogen-bond acceptors (Lipinski definition) is 5. The summed E-state index contributed by atoms with van der Waals surface area (Å²) in [7, 11) is -1.98. The maximum Gasteiger partial charge on any atom is 0.295 e. The normalized spacial score (nSPS) is 20.6. The van der Waals surface area contributed by atoms with E-state index in [0.29, 0.717) is 12.3 Å². The van der Waals surface area contributed by atoms with Gasteiger partial charge in [-0.05, 0) is 155 Å². The van der Waals surface area contributed by atoms with E-state index in [-0.39, 0.29) is 22.8 Å². The average molecular weight is 743 g/mol. The third-order valence-corrected chi connectivity index (χ3v) is 15.0. The van der Waals surface area contributed by atoms with Crippen LogP contribution < -0.4 is 14.2 Å². The highest BCUT2D eigenvalue weighted by Crippen LogP contribution is 2.53. The van der Waals surface area contributed by atoms with Gasteiger partial charge in [-0.1, -0.05) is 68.9 Å². The number of thiol groups is 1. The van der Waals surface area contributed by atoms with E-state index < -0.39 is 21.0 Å². The molecule has 3 saturated carbocycles. The molecule has 52 heavy (non-hydrogen) atoms. The summed E-state index contributed by atoms with van der Waals surface area (Å²) in [5, 5.41) is 0. The molecule has 4 aromatic rings. The Morgan fingerprint density at radius 3 is 1.60 bits per heavy atom. The molecule has 0 spiro atoms. The van der Waals surface area contributed by atoms with Crippen LogP contribution in [0.4, 0.5) is 0 Å². The molecule has 0 radical (unpaired) electrons. The molecule has 0 aromatic heterocycles. The summed E-state index contributed by atoms with van der Waals surface area (Å²) in [4.78, 5) is 3.70. The molecule has 0 heterocycles. The second-order valence-corrected chi connectivity index (χ2v) is 18.6. The van der Waals surface area contributed by atoms with Crippen molar-refractivity contribution in [3.05, 3.63) is 102 Å². The van der Waals surface area contributed by atoms with E-state index in [1.54, 1.807) is 14.2 Å². The molecule has 2 atom stereocenters. The van der Waals surface area contributed by atoms with Crippen LogP contribution in [-0.2, 0) is 10.1 Å². The molecule has 0 aliphatic heterocycles. The Kier molecular flexibility index (Phi) is 11.8. The highest BCUT2D eigenvalue weighted by atomic mass is 32.2. The van der Waals surface area contributed by atoms with Crippen molar-refractivity contribution in [1.82, 2.24) is 0 Å². The van der Waals surface area contributed by atoms with E-state index in [0.717, 1.165) is 91.1 Å². The number of hydrogen-bond donors (Lipinski definition) is 2. The second-order valence-electron chi connectivity index (χ2n) is 15.0. The molecular weight excluding hydrogens is 689 g/mol. The van der Waals surface area contributed by atoms with Crippen LogP contribution in [0.1, 0.15) is 124 Å². The summed E-state index contributed by atoms with van der Waals surface area (Å²) in [6, 6.07) is 29.4. The summed E-state index contributed by atoms with van der Waals surface area (Å²) in [5.74, 6) is 3.07. The van der Waals surface area contributed by atoms with Crippen LogP contribution in [0, 0.1) is 0 Å². The van der Waals surface area contributed by atoms with Gasteiger partial charge in [0.1, 0.15) is 22.1 Å². The largest absolute Gasteiger partial charge is 0.497 e. The van der Waals surface area contributed by atoms with Crippen molar-refractivity contribution in [3.63, 3.8) is 0 Å². The molecule has 2 unspecified atom stereocenters. The monoisotopic (exact) mass is 742 g/mol. The third kappa shape index (κ3) is 8.50. The van der Waals surface area contributed by atoms with Gasteiger partial charge in [-0.3, -0.25) is 4.55 Å². The van der Waals surface area contributed by atoms with Crippen molar-refractivity contribution < 1.29 is 27.2 Å². The van der Waals surface area contributed by atoms with Crippen LogP contribution >= 0.6 is 10.9 Å². The van der Waals surface area contributed by atoms with Crippen molar-refractivity contribution >= 4 is 21.0 Å². The average Bonchev–Trinajstić information content (AvgIpc) is 3.18. The van der Waals surface area contributed by atoms with Gasteiger partial charge in [-0.15, -0.1) is 0 Å². The van der Waals surface area contributed by atoms with Gasteiger partial charge in [0.15, 0.2) is 0 Å². The number of benzene rings is 4. The maximum absolute atomic E-state index is 13.3. The fourth-order valence-corrected chi connectivity index (χ4v) is 12.5. The van der Waals surface area contributed by atoms with Crippen LogP contribution in [-0.4, -0.2) is 33.3 Å². The lowest BCUT2D eigenvalue weighted by molar-refractivity contribution is 0.142. The summed E-state index contributed by atoms with van der Waals surface area (Å²) in [6.07, 6.45) is 14.7. The molecule has 0 bridgehead atoms. The first kappa shape index (κ1) is 36.9. The van der Waals surface area contributed by atoms with Crippen LogP contribution in [0.2, 0.25) is 0 Å². The Bertz CT molecular complexity index is 1880. The molecule has 6 nitrogen and oxygen atoms in total. The van der Waals surface area contributed by atoms with Gasteiger partial charge < -0.3 is 14.2 Å². The minimum Gasteiger partial charge on any atom is -0.497 e. The minimum atomic E-state index is -4.42. The number of rotatable bonds is 11. The zero-order valence-electron chi connectivity index (χ0n) is 30.6. The zero-order valence-corrected chi connectivity index (χ0v) is 32.3. The van der Waals surface area contributed by atoms with Crippen LogP contribution in [0.15, 0.2) is 105 Å². The highest BCUT2D eigenvalue weighted by Gasteiger charge is 2.34. The van der Waals surface area contributed by atoms with Crippen molar-refractivity contribution in [2.24, 2.45) is 0 Å². The molecule has 7 rings (SSSR count). The zero-order chi connectivity index (χ0) is 36.1. The van der Waals surface area contributed by atoms with E-state index in [4.69, 9.17) is 14.2 Å². The van der Waals surface area contributed by atoms with Gasteiger partial charge in [-0.2, -0.15) is 19.3 Å². The molecule has 8 heteroatoms. The number of methoxy groups -OCH3 is 2. The first-order valence-corrected chi connectivity index (χ1v) is 22.1. The second kappa shape index (κ2) is 16.7. The molecule has 0 amide bonds. The fraction of sp³-hybridized carbons (Fsp3) is 0.455. The Hall–Kier alpha value is -3.46. The first-order chi connectivity index (χ1) is 25.3. The van der Waals surface area contributed by atoms with Crippen molar-refractivity contribution in [2.45, 2.75) is 133 Å². The van der Waals surface area contributed by atoms with E-state index in [9.17, 15) is 13.0 Å². The standard InChI is InChI=1S/C44H54O6S2/c1-48-35-18-10-22-39(28-35)51(40-23-11-19-36(29-40)49-2)41-24-12-21-38(30-41)50-37-20-9-17-33(25-37)43-27-34(31-13-5-3-6-14-31)26-42(44(43)52(45,46)47)32-15-7-4-8-16-32/h10-12,18-19,21-24,26-33,37,51H,3-9,13-17,20,25H2,1-2H3,(H,45,46,47). The maximum atomic E-state index is 13.3. The Balaban J connectivity index is 1.21. The molecule has 278 valence electrons. The van der Waals surface area contributed by atoms with Gasteiger partial charge in [0.25, 0.3) is 10.1 Å². The first-order valence-electron chi connectivity index (χ1n) is 19.3. The molecule has 3 aliphatic carbocycles.